The van der Waals surface area contributed by atoms with E-state index in [1.165, 1.54) is 0 Å². The van der Waals surface area contributed by atoms with Crippen LogP contribution in [0.1, 0.15) is 5.56 Å². The van der Waals surface area contributed by atoms with E-state index in [0.29, 0.717) is 6.42 Å². The molecule has 0 bridgehead atoms. The number of aromatic nitrogens is 1. The summed E-state index contributed by atoms with van der Waals surface area (Å²) in [5, 5.41) is 0. The summed E-state index contributed by atoms with van der Waals surface area (Å²) < 4.78 is 0. The van der Waals surface area contributed by atoms with Crippen LogP contribution in [-0.4, -0.2) is 22.9 Å². The van der Waals surface area contributed by atoms with Crippen molar-refractivity contribution in [3.05, 3.63) is 66.5 Å². The summed E-state index contributed by atoms with van der Waals surface area (Å²) in [5.74, 6) is 0. The first-order valence-electron chi connectivity index (χ1n) is 6.92. The quantitative estimate of drug-likeness (QED) is 0.900. The van der Waals surface area contributed by atoms with Gasteiger partial charge < -0.3 is 11.5 Å². The second kappa shape index (κ2) is 5.60. The Bertz CT molecular complexity index is 678. The van der Waals surface area contributed by atoms with E-state index >= 15 is 0 Å². The Morgan fingerprint density at radius 1 is 1.14 bits per heavy atom. The van der Waals surface area contributed by atoms with E-state index < -0.39 is 11.7 Å². The standard InChI is InChI=1S/C17H18N4/c18-16-17(19,7-3-9-21-16)11-13-4-1-5-14(10-13)15-6-2-8-20-12-15/h1-10,12,16H,11,18-19H2. The number of aliphatic imine (C=N–C) groups is 1. The highest BCUT2D eigenvalue weighted by molar-refractivity contribution is 5.73. The van der Waals surface area contributed by atoms with Crippen LogP contribution in [0.3, 0.4) is 0 Å². The fraction of sp³-hybridized carbons (Fsp3) is 0.176. The van der Waals surface area contributed by atoms with Gasteiger partial charge in [0.2, 0.25) is 0 Å². The molecular weight excluding hydrogens is 260 g/mol. The highest BCUT2D eigenvalue weighted by Gasteiger charge is 2.31. The summed E-state index contributed by atoms with van der Waals surface area (Å²) >= 11 is 0. The first-order chi connectivity index (χ1) is 10.2. The Kier molecular flexibility index (Phi) is 3.64. The molecule has 0 saturated carbocycles. The molecule has 2 unspecified atom stereocenters. The predicted molar refractivity (Wildman–Crippen MR) is 85.9 cm³/mol. The largest absolute Gasteiger partial charge is 0.319 e. The molecule has 2 atom stereocenters. The Hall–Kier alpha value is -2.30. The van der Waals surface area contributed by atoms with Gasteiger partial charge in [0.15, 0.2) is 0 Å². The molecule has 1 aliphatic heterocycles. The number of hydrogen-bond acceptors (Lipinski definition) is 4. The van der Waals surface area contributed by atoms with Gasteiger partial charge in [-0.05, 0) is 35.3 Å². The molecule has 1 aromatic carbocycles. The second-order valence-corrected chi connectivity index (χ2v) is 5.33. The molecule has 0 aliphatic carbocycles. The van der Waals surface area contributed by atoms with Gasteiger partial charge in [-0.25, -0.2) is 0 Å². The van der Waals surface area contributed by atoms with Gasteiger partial charge >= 0.3 is 0 Å². The number of allylic oxidation sites excluding steroid dienone is 1. The molecule has 3 rings (SSSR count). The van der Waals surface area contributed by atoms with Crippen molar-refractivity contribution in [1.29, 1.82) is 0 Å². The van der Waals surface area contributed by atoms with E-state index in [0.717, 1.165) is 16.7 Å². The number of nitrogens with zero attached hydrogens (tertiary/aromatic N) is 2. The Balaban J connectivity index is 1.87. The van der Waals surface area contributed by atoms with E-state index in [9.17, 15) is 0 Å². The maximum Gasteiger partial charge on any atom is 0.119 e. The van der Waals surface area contributed by atoms with Crippen LogP contribution in [0, 0.1) is 0 Å². The van der Waals surface area contributed by atoms with Crippen molar-refractivity contribution in [1.82, 2.24) is 4.98 Å². The molecule has 1 aromatic heterocycles. The number of nitrogens with two attached hydrogens (primary N) is 2. The van der Waals surface area contributed by atoms with Crippen molar-refractivity contribution >= 4 is 6.21 Å². The van der Waals surface area contributed by atoms with Gasteiger partial charge in [-0.3, -0.25) is 9.98 Å². The molecule has 106 valence electrons. The molecule has 4 N–H and O–H groups in total. The minimum Gasteiger partial charge on any atom is -0.319 e. The zero-order valence-corrected chi connectivity index (χ0v) is 11.7. The van der Waals surface area contributed by atoms with Gasteiger partial charge in [0.1, 0.15) is 6.17 Å². The number of dihydropyridines is 1. The van der Waals surface area contributed by atoms with Crippen molar-refractivity contribution < 1.29 is 0 Å². The number of benzene rings is 1. The molecule has 1 aliphatic rings. The Morgan fingerprint density at radius 3 is 2.76 bits per heavy atom. The van der Waals surface area contributed by atoms with E-state index in [-0.39, 0.29) is 0 Å². The lowest BCUT2D eigenvalue weighted by atomic mass is 9.87. The van der Waals surface area contributed by atoms with Crippen molar-refractivity contribution in [3.63, 3.8) is 0 Å². The van der Waals surface area contributed by atoms with Crippen LogP contribution < -0.4 is 11.5 Å². The number of rotatable bonds is 3. The molecule has 2 heterocycles. The van der Waals surface area contributed by atoms with Gasteiger partial charge in [0.25, 0.3) is 0 Å². The zero-order valence-electron chi connectivity index (χ0n) is 11.7. The fourth-order valence-electron chi connectivity index (χ4n) is 2.51. The van der Waals surface area contributed by atoms with Crippen LogP contribution in [0.25, 0.3) is 11.1 Å². The minimum atomic E-state index is -0.637. The van der Waals surface area contributed by atoms with Gasteiger partial charge in [-0.2, -0.15) is 0 Å². The topological polar surface area (TPSA) is 77.3 Å². The summed E-state index contributed by atoms with van der Waals surface area (Å²) in [6.45, 7) is 0. The SMILES string of the molecule is NC1N=CC=CC1(N)Cc1cccc(-c2cccnc2)c1. The molecule has 0 saturated heterocycles. The van der Waals surface area contributed by atoms with E-state index in [1.807, 2.05) is 36.5 Å². The first-order valence-corrected chi connectivity index (χ1v) is 6.92. The third-order valence-electron chi connectivity index (χ3n) is 3.72. The van der Waals surface area contributed by atoms with Crippen LogP contribution in [0.15, 0.2) is 65.9 Å². The Morgan fingerprint density at radius 2 is 2.00 bits per heavy atom. The number of pyridine rings is 1. The molecule has 0 amide bonds. The molecular formula is C17H18N4. The summed E-state index contributed by atoms with van der Waals surface area (Å²) in [5.41, 5.74) is 15.1. The smallest absolute Gasteiger partial charge is 0.119 e. The van der Waals surface area contributed by atoms with Crippen LogP contribution in [0.4, 0.5) is 0 Å². The Labute approximate surface area is 124 Å². The third kappa shape index (κ3) is 2.91. The van der Waals surface area contributed by atoms with Crippen LogP contribution in [-0.2, 0) is 6.42 Å². The summed E-state index contributed by atoms with van der Waals surface area (Å²) in [6, 6.07) is 12.3. The molecule has 0 spiro atoms. The fourth-order valence-corrected chi connectivity index (χ4v) is 2.51. The molecule has 0 fully saturated rings. The maximum absolute atomic E-state index is 6.39. The van der Waals surface area contributed by atoms with Gasteiger partial charge in [-0.1, -0.05) is 36.4 Å². The van der Waals surface area contributed by atoms with Gasteiger partial charge in [0.05, 0.1) is 5.54 Å². The van der Waals surface area contributed by atoms with E-state index in [4.69, 9.17) is 11.5 Å². The predicted octanol–water partition coefficient (Wildman–Crippen LogP) is 1.91. The highest BCUT2D eigenvalue weighted by atomic mass is 15.0. The van der Waals surface area contributed by atoms with Crippen LogP contribution in [0.5, 0.6) is 0 Å². The average Bonchev–Trinajstić information content (AvgIpc) is 2.52. The number of hydrogen-bond donors (Lipinski definition) is 2. The van der Waals surface area contributed by atoms with Gasteiger partial charge in [0, 0.05) is 18.6 Å². The van der Waals surface area contributed by atoms with Crippen molar-refractivity contribution in [2.75, 3.05) is 0 Å². The third-order valence-corrected chi connectivity index (χ3v) is 3.72. The molecule has 21 heavy (non-hydrogen) atoms. The van der Waals surface area contributed by atoms with Crippen LogP contribution >= 0.6 is 0 Å². The molecule has 4 nitrogen and oxygen atoms in total. The van der Waals surface area contributed by atoms with Gasteiger partial charge in [-0.15, -0.1) is 0 Å². The average molecular weight is 278 g/mol. The normalized spacial score (nSPS) is 24.2. The van der Waals surface area contributed by atoms with E-state index in [2.05, 4.69) is 28.2 Å². The summed E-state index contributed by atoms with van der Waals surface area (Å²) in [6.07, 6.45) is 9.35. The highest BCUT2D eigenvalue weighted by Crippen LogP contribution is 2.23. The lowest BCUT2D eigenvalue weighted by molar-refractivity contribution is 0.426. The monoisotopic (exact) mass is 278 g/mol. The lowest BCUT2D eigenvalue weighted by Crippen LogP contribution is -2.55. The molecule has 0 radical (unpaired) electrons. The zero-order chi connectivity index (χ0) is 14.7. The van der Waals surface area contributed by atoms with Crippen molar-refractivity contribution in [2.24, 2.45) is 16.5 Å². The van der Waals surface area contributed by atoms with Crippen LogP contribution in [0.2, 0.25) is 0 Å². The summed E-state index contributed by atoms with van der Waals surface area (Å²) in [7, 11) is 0. The maximum atomic E-state index is 6.39. The lowest BCUT2D eigenvalue weighted by Gasteiger charge is -2.31. The van der Waals surface area contributed by atoms with E-state index in [1.54, 1.807) is 12.4 Å². The molecule has 2 aromatic rings. The van der Waals surface area contributed by atoms with Crippen molar-refractivity contribution in [2.45, 2.75) is 18.1 Å². The second-order valence-electron chi connectivity index (χ2n) is 5.33. The first kappa shape index (κ1) is 13.7. The van der Waals surface area contributed by atoms with Crippen molar-refractivity contribution in [3.8, 4) is 11.1 Å². The summed E-state index contributed by atoms with van der Waals surface area (Å²) in [4.78, 5) is 8.35. The molecule has 4 heteroatoms. The minimum absolute atomic E-state index is 0.412.